The Morgan fingerprint density at radius 3 is 2.25 bits per heavy atom. The Morgan fingerprint density at radius 1 is 1.00 bits per heavy atom. The van der Waals surface area contributed by atoms with Crippen molar-refractivity contribution in [3.8, 4) is 0 Å². The van der Waals surface area contributed by atoms with Crippen molar-refractivity contribution in [1.82, 2.24) is 5.32 Å². The van der Waals surface area contributed by atoms with Crippen LogP contribution in [0.3, 0.4) is 0 Å². The van der Waals surface area contributed by atoms with Gasteiger partial charge in [0.2, 0.25) is 5.91 Å². The van der Waals surface area contributed by atoms with E-state index in [1.54, 1.807) is 0 Å². The molecule has 0 fully saturated rings. The van der Waals surface area contributed by atoms with E-state index in [2.05, 4.69) is 29.7 Å². The molecule has 0 aliphatic heterocycles. The maximum atomic E-state index is 11.8. The van der Waals surface area contributed by atoms with Gasteiger partial charge in [0.1, 0.15) is 0 Å². The summed E-state index contributed by atoms with van der Waals surface area (Å²) in [6, 6.07) is 20.0. The molecule has 3 nitrogen and oxygen atoms in total. The first kappa shape index (κ1) is 14.3. The summed E-state index contributed by atoms with van der Waals surface area (Å²) in [5, 5.41) is 6.10. The molecule has 0 aliphatic rings. The predicted molar refractivity (Wildman–Crippen MR) is 82.7 cm³/mol. The molecule has 0 saturated carbocycles. The normalized spacial score (nSPS) is 11.8. The van der Waals surface area contributed by atoms with Crippen molar-refractivity contribution in [3.05, 3.63) is 66.2 Å². The number of rotatable bonds is 6. The van der Waals surface area contributed by atoms with Crippen molar-refractivity contribution in [3.63, 3.8) is 0 Å². The first-order valence-electron chi connectivity index (χ1n) is 6.86. The molecular weight excluding hydrogens is 248 g/mol. The molecule has 0 heterocycles. The van der Waals surface area contributed by atoms with E-state index in [9.17, 15) is 4.79 Å². The lowest BCUT2D eigenvalue weighted by atomic mass is 10.1. The zero-order valence-corrected chi connectivity index (χ0v) is 11.7. The van der Waals surface area contributed by atoms with Crippen LogP contribution in [0.25, 0.3) is 0 Å². The molecule has 2 N–H and O–H groups in total. The molecule has 104 valence electrons. The lowest BCUT2D eigenvalue weighted by Crippen LogP contribution is -2.35. The molecule has 3 heteroatoms. The topological polar surface area (TPSA) is 41.1 Å². The van der Waals surface area contributed by atoms with Gasteiger partial charge in [0.25, 0.3) is 0 Å². The fraction of sp³-hybridized carbons (Fsp3) is 0.235. The number of benzene rings is 2. The van der Waals surface area contributed by atoms with Crippen LogP contribution < -0.4 is 10.6 Å². The molecular formula is C17H20N2O. The molecule has 2 aromatic rings. The molecule has 1 amide bonds. The molecule has 0 bridgehead atoms. The maximum Gasteiger partial charge on any atom is 0.238 e. The average molecular weight is 268 g/mol. The number of carbonyl (C=O) groups excluding carboxylic acids is 1. The molecule has 0 radical (unpaired) electrons. The second kappa shape index (κ2) is 7.46. The third-order valence-electron chi connectivity index (χ3n) is 3.05. The van der Waals surface area contributed by atoms with E-state index in [0.717, 1.165) is 12.1 Å². The number of para-hydroxylation sites is 1. The van der Waals surface area contributed by atoms with Gasteiger partial charge in [-0.15, -0.1) is 0 Å². The highest BCUT2D eigenvalue weighted by molar-refractivity contribution is 5.92. The fourth-order valence-electron chi connectivity index (χ4n) is 2.03. The van der Waals surface area contributed by atoms with Gasteiger partial charge in [-0.2, -0.15) is 0 Å². The molecule has 1 atom stereocenters. The Morgan fingerprint density at radius 2 is 1.60 bits per heavy atom. The Kier molecular flexibility index (Phi) is 5.33. The second-order valence-corrected chi connectivity index (χ2v) is 4.89. The maximum absolute atomic E-state index is 11.8. The van der Waals surface area contributed by atoms with Crippen molar-refractivity contribution in [2.24, 2.45) is 0 Å². The zero-order chi connectivity index (χ0) is 14.2. The van der Waals surface area contributed by atoms with Gasteiger partial charge >= 0.3 is 0 Å². The SMILES string of the molecule is CC(Cc1ccccc1)NCC(=O)Nc1ccccc1. The summed E-state index contributed by atoms with van der Waals surface area (Å²) in [5.74, 6) is -0.0175. The zero-order valence-electron chi connectivity index (χ0n) is 11.7. The summed E-state index contributed by atoms with van der Waals surface area (Å²) >= 11 is 0. The van der Waals surface area contributed by atoms with E-state index in [1.165, 1.54) is 5.56 Å². The van der Waals surface area contributed by atoms with Crippen LogP contribution in [0.1, 0.15) is 12.5 Å². The first-order chi connectivity index (χ1) is 9.74. The standard InChI is InChI=1S/C17H20N2O/c1-14(12-15-8-4-2-5-9-15)18-13-17(20)19-16-10-6-3-7-11-16/h2-11,14,18H,12-13H2,1H3,(H,19,20). The number of hydrogen-bond acceptors (Lipinski definition) is 2. The Hall–Kier alpha value is -2.13. The average Bonchev–Trinajstić information content (AvgIpc) is 2.47. The van der Waals surface area contributed by atoms with Crippen LogP contribution in [0.5, 0.6) is 0 Å². The van der Waals surface area contributed by atoms with Gasteiger partial charge in [0, 0.05) is 11.7 Å². The number of carbonyl (C=O) groups is 1. The minimum absolute atomic E-state index is 0.0175. The highest BCUT2D eigenvalue weighted by Gasteiger charge is 2.06. The van der Waals surface area contributed by atoms with Gasteiger partial charge in [-0.3, -0.25) is 4.79 Å². The summed E-state index contributed by atoms with van der Waals surface area (Å²) in [6.07, 6.45) is 0.916. The van der Waals surface area contributed by atoms with Gasteiger partial charge in [0.05, 0.1) is 6.54 Å². The van der Waals surface area contributed by atoms with Gasteiger partial charge in [-0.1, -0.05) is 48.5 Å². The van der Waals surface area contributed by atoms with E-state index in [4.69, 9.17) is 0 Å². The van der Waals surface area contributed by atoms with Crippen LogP contribution in [-0.2, 0) is 11.2 Å². The summed E-state index contributed by atoms with van der Waals surface area (Å²) < 4.78 is 0. The Balaban J connectivity index is 1.73. The van der Waals surface area contributed by atoms with Crippen LogP contribution in [-0.4, -0.2) is 18.5 Å². The van der Waals surface area contributed by atoms with Crippen molar-refractivity contribution in [2.45, 2.75) is 19.4 Å². The lowest BCUT2D eigenvalue weighted by Gasteiger charge is -2.13. The van der Waals surface area contributed by atoms with E-state index in [0.29, 0.717) is 6.54 Å². The lowest BCUT2D eigenvalue weighted by molar-refractivity contribution is -0.115. The van der Waals surface area contributed by atoms with E-state index < -0.39 is 0 Å². The quantitative estimate of drug-likeness (QED) is 0.846. The van der Waals surface area contributed by atoms with Gasteiger partial charge in [-0.05, 0) is 31.0 Å². The number of amides is 1. The third-order valence-corrected chi connectivity index (χ3v) is 3.05. The second-order valence-electron chi connectivity index (χ2n) is 4.89. The van der Waals surface area contributed by atoms with Gasteiger partial charge in [0.15, 0.2) is 0 Å². The molecule has 0 aromatic heterocycles. The smallest absolute Gasteiger partial charge is 0.238 e. The van der Waals surface area contributed by atoms with Crippen molar-refractivity contribution >= 4 is 11.6 Å². The van der Waals surface area contributed by atoms with Gasteiger partial charge < -0.3 is 10.6 Å². The predicted octanol–water partition coefficient (Wildman–Crippen LogP) is 2.85. The molecule has 1 unspecified atom stereocenters. The molecule has 2 aromatic carbocycles. The summed E-state index contributed by atoms with van der Waals surface area (Å²) in [4.78, 5) is 11.8. The highest BCUT2D eigenvalue weighted by atomic mass is 16.1. The largest absolute Gasteiger partial charge is 0.325 e. The monoisotopic (exact) mass is 268 g/mol. The summed E-state index contributed by atoms with van der Waals surface area (Å²) in [6.45, 7) is 2.41. The Labute approximate surface area is 120 Å². The van der Waals surface area contributed by atoms with E-state index in [1.807, 2.05) is 48.5 Å². The van der Waals surface area contributed by atoms with Crippen LogP contribution >= 0.6 is 0 Å². The number of hydrogen-bond donors (Lipinski definition) is 2. The summed E-state index contributed by atoms with van der Waals surface area (Å²) in [7, 11) is 0. The summed E-state index contributed by atoms with van der Waals surface area (Å²) in [5.41, 5.74) is 2.10. The van der Waals surface area contributed by atoms with Crippen LogP contribution in [0, 0.1) is 0 Å². The van der Waals surface area contributed by atoms with Crippen LogP contribution in [0.2, 0.25) is 0 Å². The third kappa shape index (κ3) is 4.86. The minimum Gasteiger partial charge on any atom is -0.325 e. The van der Waals surface area contributed by atoms with Crippen LogP contribution in [0.4, 0.5) is 5.69 Å². The van der Waals surface area contributed by atoms with E-state index in [-0.39, 0.29) is 11.9 Å². The van der Waals surface area contributed by atoms with Gasteiger partial charge in [-0.25, -0.2) is 0 Å². The van der Waals surface area contributed by atoms with Crippen molar-refractivity contribution < 1.29 is 4.79 Å². The molecule has 20 heavy (non-hydrogen) atoms. The molecule has 0 aliphatic carbocycles. The van der Waals surface area contributed by atoms with Crippen LogP contribution in [0.15, 0.2) is 60.7 Å². The fourth-order valence-corrected chi connectivity index (χ4v) is 2.03. The van der Waals surface area contributed by atoms with E-state index >= 15 is 0 Å². The molecule has 0 spiro atoms. The minimum atomic E-state index is -0.0175. The Bertz CT molecular complexity index is 525. The highest BCUT2D eigenvalue weighted by Crippen LogP contribution is 2.05. The molecule has 0 saturated heterocycles. The first-order valence-corrected chi connectivity index (χ1v) is 6.86. The van der Waals surface area contributed by atoms with Crippen molar-refractivity contribution in [1.29, 1.82) is 0 Å². The van der Waals surface area contributed by atoms with Crippen molar-refractivity contribution in [2.75, 3.05) is 11.9 Å². The molecule has 2 rings (SSSR count). The number of anilines is 1. The number of nitrogens with one attached hydrogen (secondary N) is 2.